The van der Waals surface area contributed by atoms with Gasteiger partial charge in [0.15, 0.2) is 5.54 Å². The van der Waals surface area contributed by atoms with Crippen LogP contribution >= 0.6 is 0 Å². The van der Waals surface area contributed by atoms with E-state index in [0.717, 1.165) is 5.56 Å². The molecule has 0 radical (unpaired) electrons. The van der Waals surface area contributed by atoms with Crippen LogP contribution in [0.1, 0.15) is 17.2 Å². The van der Waals surface area contributed by atoms with Gasteiger partial charge in [-0.05, 0) is 23.3 Å². The minimum atomic E-state index is -1.46. The number of rotatable bonds is 4. The summed E-state index contributed by atoms with van der Waals surface area (Å²) >= 11 is 0. The maximum absolute atomic E-state index is 13.0. The molecule has 144 valence electrons. The van der Waals surface area contributed by atoms with E-state index in [-0.39, 0.29) is 0 Å². The molecule has 2 aliphatic heterocycles. The SMILES string of the molecule is COC(=O)[C@@]1(c2ccccc2)N[C@@H](c2ccc(OC)cc2)[C@H]2C(=O)NC(=O)[C@H]21. The molecule has 2 aliphatic rings. The van der Waals surface area contributed by atoms with Gasteiger partial charge in [-0.15, -0.1) is 0 Å². The molecule has 2 saturated heterocycles. The van der Waals surface area contributed by atoms with E-state index in [9.17, 15) is 14.4 Å². The highest BCUT2D eigenvalue weighted by molar-refractivity contribution is 6.09. The number of carbonyl (C=O) groups excluding carboxylic acids is 3. The molecule has 0 aromatic heterocycles. The number of ether oxygens (including phenoxy) is 2. The Labute approximate surface area is 162 Å². The third-order valence-electron chi connectivity index (χ3n) is 5.61. The number of fused-ring (bicyclic) bond motifs is 1. The lowest BCUT2D eigenvalue weighted by molar-refractivity contribution is -0.153. The number of benzene rings is 2. The van der Waals surface area contributed by atoms with Gasteiger partial charge in [-0.3, -0.25) is 20.2 Å². The topological polar surface area (TPSA) is 93.7 Å². The maximum atomic E-state index is 13.0. The molecule has 0 saturated carbocycles. The number of amides is 2. The van der Waals surface area contributed by atoms with Gasteiger partial charge in [-0.25, -0.2) is 4.79 Å². The first kappa shape index (κ1) is 18.2. The van der Waals surface area contributed by atoms with Crippen LogP contribution in [0.25, 0.3) is 0 Å². The smallest absolute Gasteiger partial charge is 0.331 e. The van der Waals surface area contributed by atoms with Gasteiger partial charge >= 0.3 is 5.97 Å². The summed E-state index contributed by atoms with van der Waals surface area (Å²) in [4.78, 5) is 38.4. The van der Waals surface area contributed by atoms with E-state index in [2.05, 4.69) is 10.6 Å². The van der Waals surface area contributed by atoms with E-state index < -0.39 is 41.2 Å². The molecule has 4 atom stereocenters. The van der Waals surface area contributed by atoms with Gasteiger partial charge in [0, 0.05) is 6.04 Å². The van der Waals surface area contributed by atoms with Crippen molar-refractivity contribution < 1.29 is 23.9 Å². The average Bonchev–Trinajstić information content (AvgIpc) is 3.25. The summed E-state index contributed by atoms with van der Waals surface area (Å²) in [6, 6.07) is 15.6. The number of imide groups is 1. The van der Waals surface area contributed by atoms with Crippen molar-refractivity contribution >= 4 is 17.8 Å². The average molecular weight is 380 g/mol. The molecule has 4 rings (SSSR count). The first-order valence-electron chi connectivity index (χ1n) is 8.93. The lowest BCUT2D eigenvalue weighted by Gasteiger charge is -2.31. The Morgan fingerprint density at radius 2 is 1.64 bits per heavy atom. The van der Waals surface area contributed by atoms with Gasteiger partial charge in [-0.2, -0.15) is 0 Å². The summed E-state index contributed by atoms with van der Waals surface area (Å²) < 4.78 is 10.3. The number of carbonyl (C=O) groups is 3. The zero-order valence-electron chi connectivity index (χ0n) is 15.5. The number of esters is 1. The first-order valence-corrected chi connectivity index (χ1v) is 8.93. The molecule has 2 N–H and O–H groups in total. The van der Waals surface area contributed by atoms with E-state index in [0.29, 0.717) is 11.3 Å². The van der Waals surface area contributed by atoms with Crippen LogP contribution in [0.2, 0.25) is 0 Å². The molecular formula is C21H20N2O5. The molecule has 2 amide bonds. The van der Waals surface area contributed by atoms with Gasteiger partial charge in [0.25, 0.3) is 0 Å². The molecule has 2 fully saturated rings. The van der Waals surface area contributed by atoms with Crippen molar-refractivity contribution in [2.75, 3.05) is 14.2 Å². The largest absolute Gasteiger partial charge is 0.497 e. The summed E-state index contributed by atoms with van der Waals surface area (Å²) in [5, 5.41) is 5.69. The summed E-state index contributed by atoms with van der Waals surface area (Å²) in [5.41, 5.74) is -0.0957. The maximum Gasteiger partial charge on any atom is 0.331 e. The van der Waals surface area contributed by atoms with Gasteiger partial charge in [0.2, 0.25) is 11.8 Å². The van der Waals surface area contributed by atoms with E-state index in [1.807, 2.05) is 18.2 Å². The second-order valence-corrected chi connectivity index (χ2v) is 6.92. The van der Waals surface area contributed by atoms with E-state index in [4.69, 9.17) is 9.47 Å². The van der Waals surface area contributed by atoms with E-state index >= 15 is 0 Å². The van der Waals surface area contributed by atoms with Crippen molar-refractivity contribution in [3.63, 3.8) is 0 Å². The fraction of sp³-hybridized carbons (Fsp3) is 0.286. The number of hydrogen-bond acceptors (Lipinski definition) is 6. The molecule has 2 aromatic rings. The van der Waals surface area contributed by atoms with Crippen LogP contribution in [0.5, 0.6) is 5.75 Å². The predicted octanol–water partition coefficient (Wildman–Crippen LogP) is 1.30. The number of methoxy groups -OCH3 is 2. The molecule has 7 heteroatoms. The Hall–Kier alpha value is -3.19. The fourth-order valence-corrected chi connectivity index (χ4v) is 4.36. The predicted molar refractivity (Wildman–Crippen MR) is 99.1 cm³/mol. The first-order chi connectivity index (χ1) is 13.5. The third kappa shape index (κ3) is 2.51. The van der Waals surface area contributed by atoms with Crippen molar-refractivity contribution in [1.29, 1.82) is 0 Å². The van der Waals surface area contributed by atoms with Crippen molar-refractivity contribution in [1.82, 2.24) is 10.6 Å². The Kier molecular flexibility index (Phi) is 4.39. The minimum absolute atomic E-state index is 0.398. The van der Waals surface area contributed by atoms with Crippen LogP contribution < -0.4 is 15.4 Å². The summed E-state index contributed by atoms with van der Waals surface area (Å²) in [6.07, 6.45) is 0. The highest BCUT2D eigenvalue weighted by Crippen LogP contribution is 2.51. The standard InChI is InChI=1S/C21H20N2O5/c1-27-14-10-8-12(9-11-14)17-15-16(19(25)22-18(15)24)21(23-17,20(26)28-2)13-6-4-3-5-7-13/h3-11,15-17,23H,1-2H3,(H,22,24,25)/t15-,16-,17-,21-/m0/s1. The van der Waals surface area contributed by atoms with Crippen LogP contribution in [0.4, 0.5) is 0 Å². The van der Waals surface area contributed by atoms with Crippen LogP contribution in [0, 0.1) is 11.8 Å². The number of hydrogen-bond donors (Lipinski definition) is 2. The summed E-state index contributed by atoms with van der Waals surface area (Å²) in [7, 11) is 2.85. The Morgan fingerprint density at radius 3 is 2.25 bits per heavy atom. The van der Waals surface area contributed by atoms with E-state index in [1.165, 1.54) is 7.11 Å². The van der Waals surface area contributed by atoms with Gasteiger partial charge in [0.1, 0.15) is 5.75 Å². The van der Waals surface area contributed by atoms with Crippen LogP contribution in [0.3, 0.4) is 0 Å². The van der Waals surface area contributed by atoms with Crippen LogP contribution in [0.15, 0.2) is 54.6 Å². The van der Waals surface area contributed by atoms with Crippen LogP contribution in [-0.2, 0) is 24.7 Å². The zero-order valence-corrected chi connectivity index (χ0v) is 15.5. The molecule has 2 heterocycles. The molecular weight excluding hydrogens is 360 g/mol. The van der Waals surface area contributed by atoms with Crippen molar-refractivity contribution in [2.45, 2.75) is 11.6 Å². The highest BCUT2D eigenvalue weighted by atomic mass is 16.5. The fourth-order valence-electron chi connectivity index (χ4n) is 4.36. The Bertz CT molecular complexity index is 928. The van der Waals surface area contributed by atoms with Crippen LogP contribution in [-0.4, -0.2) is 32.0 Å². The minimum Gasteiger partial charge on any atom is -0.497 e. The molecule has 0 unspecified atom stereocenters. The highest BCUT2D eigenvalue weighted by Gasteiger charge is 2.67. The van der Waals surface area contributed by atoms with Crippen molar-refractivity contribution in [3.05, 3.63) is 65.7 Å². The normalized spacial score (nSPS) is 28.6. The van der Waals surface area contributed by atoms with Gasteiger partial charge in [-0.1, -0.05) is 42.5 Å². The lowest BCUT2D eigenvalue weighted by Crippen LogP contribution is -2.53. The molecule has 2 aromatic carbocycles. The molecule has 0 spiro atoms. The summed E-state index contributed by atoms with van der Waals surface area (Å²) in [5.74, 6) is -2.46. The van der Waals surface area contributed by atoms with Crippen molar-refractivity contribution in [2.24, 2.45) is 11.8 Å². The Balaban J connectivity index is 1.88. The third-order valence-corrected chi connectivity index (χ3v) is 5.61. The van der Waals surface area contributed by atoms with Gasteiger partial charge < -0.3 is 9.47 Å². The second kappa shape index (κ2) is 6.76. The van der Waals surface area contributed by atoms with E-state index in [1.54, 1.807) is 43.5 Å². The quantitative estimate of drug-likeness (QED) is 0.613. The van der Waals surface area contributed by atoms with Crippen molar-refractivity contribution in [3.8, 4) is 5.75 Å². The zero-order chi connectivity index (χ0) is 19.9. The number of nitrogens with one attached hydrogen (secondary N) is 2. The molecule has 28 heavy (non-hydrogen) atoms. The monoisotopic (exact) mass is 380 g/mol. The van der Waals surface area contributed by atoms with Gasteiger partial charge in [0.05, 0.1) is 26.1 Å². The summed E-state index contributed by atoms with van der Waals surface area (Å²) in [6.45, 7) is 0. The molecule has 0 bridgehead atoms. The molecule has 7 nitrogen and oxygen atoms in total. The Morgan fingerprint density at radius 1 is 0.964 bits per heavy atom. The lowest BCUT2D eigenvalue weighted by atomic mass is 9.75. The second-order valence-electron chi connectivity index (χ2n) is 6.92. The molecule has 0 aliphatic carbocycles.